The fraction of sp³-hybridized carbons (Fsp3) is 0.421. The minimum Gasteiger partial charge on any atom is -0.349 e. The van der Waals surface area contributed by atoms with E-state index in [-0.39, 0.29) is 11.9 Å². The van der Waals surface area contributed by atoms with Crippen LogP contribution in [-0.4, -0.2) is 21.9 Å². The van der Waals surface area contributed by atoms with Crippen LogP contribution in [0.4, 0.5) is 0 Å². The van der Waals surface area contributed by atoms with Crippen molar-refractivity contribution < 1.29 is 4.79 Å². The Hall–Kier alpha value is -2.23. The first-order chi connectivity index (χ1) is 11.2. The van der Waals surface area contributed by atoms with Crippen LogP contribution in [0.1, 0.15) is 56.3 Å². The van der Waals surface area contributed by atoms with Crippen LogP contribution in [0.15, 0.2) is 42.7 Å². The Bertz CT molecular complexity index is 596. The van der Waals surface area contributed by atoms with Crippen LogP contribution in [-0.2, 0) is 0 Å². The highest BCUT2D eigenvalue weighted by Crippen LogP contribution is 2.13. The van der Waals surface area contributed by atoms with Gasteiger partial charge < -0.3 is 5.32 Å². The predicted molar refractivity (Wildman–Crippen MR) is 93.2 cm³/mol. The summed E-state index contributed by atoms with van der Waals surface area (Å²) in [5.41, 5.74) is 1.45. The van der Waals surface area contributed by atoms with E-state index < -0.39 is 0 Å². The van der Waals surface area contributed by atoms with E-state index in [4.69, 9.17) is 0 Å². The predicted octanol–water partition coefficient (Wildman–Crippen LogP) is 4.23. The third-order valence-corrected chi connectivity index (χ3v) is 3.81. The van der Waals surface area contributed by atoms with Crippen LogP contribution >= 0.6 is 0 Å². The molecular weight excluding hydrogens is 286 g/mol. The van der Waals surface area contributed by atoms with Crippen LogP contribution in [0.3, 0.4) is 0 Å². The van der Waals surface area contributed by atoms with Gasteiger partial charge in [0.05, 0.1) is 5.56 Å². The maximum atomic E-state index is 12.2. The molecule has 2 aromatic rings. The number of rotatable bonds is 8. The van der Waals surface area contributed by atoms with Crippen molar-refractivity contribution in [3.05, 3.63) is 48.3 Å². The summed E-state index contributed by atoms with van der Waals surface area (Å²) < 4.78 is 0. The molecule has 1 unspecified atom stereocenters. The third-order valence-electron chi connectivity index (χ3n) is 3.81. The Morgan fingerprint density at radius 2 is 1.78 bits per heavy atom. The molecule has 0 saturated heterocycles. The molecule has 1 atom stereocenters. The summed E-state index contributed by atoms with van der Waals surface area (Å²) in [6.45, 7) is 4.24. The zero-order valence-corrected chi connectivity index (χ0v) is 14.0. The van der Waals surface area contributed by atoms with Gasteiger partial charge in [0.25, 0.3) is 5.91 Å². The first-order valence-electron chi connectivity index (χ1n) is 8.39. The second-order valence-corrected chi connectivity index (χ2v) is 5.89. The fourth-order valence-electron chi connectivity index (χ4n) is 2.44. The van der Waals surface area contributed by atoms with Crippen molar-refractivity contribution in [1.29, 1.82) is 0 Å². The molecule has 0 saturated carbocycles. The monoisotopic (exact) mass is 311 g/mol. The molecular formula is C19H25N3O. The Labute approximate surface area is 138 Å². The van der Waals surface area contributed by atoms with E-state index in [0.29, 0.717) is 11.4 Å². The van der Waals surface area contributed by atoms with Gasteiger partial charge in [-0.15, -0.1) is 0 Å². The highest BCUT2D eigenvalue weighted by Gasteiger charge is 2.11. The van der Waals surface area contributed by atoms with Gasteiger partial charge in [-0.05, 0) is 13.3 Å². The van der Waals surface area contributed by atoms with Gasteiger partial charge in [-0.3, -0.25) is 4.79 Å². The van der Waals surface area contributed by atoms with Crippen LogP contribution in [0, 0.1) is 0 Å². The molecule has 0 aliphatic carbocycles. The van der Waals surface area contributed by atoms with Crippen molar-refractivity contribution in [2.45, 2.75) is 52.0 Å². The van der Waals surface area contributed by atoms with Crippen molar-refractivity contribution in [2.24, 2.45) is 0 Å². The summed E-state index contributed by atoms with van der Waals surface area (Å²) in [6, 6.07) is 9.92. The topological polar surface area (TPSA) is 54.9 Å². The Kier molecular flexibility index (Phi) is 6.73. The summed E-state index contributed by atoms with van der Waals surface area (Å²) in [5.74, 6) is 0.530. The van der Waals surface area contributed by atoms with Gasteiger partial charge in [-0.1, -0.05) is 62.9 Å². The number of carbonyl (C=O) groups excluding carboxylic acids is 1. The molecule has 1 heterocycles. The van der Waals surface area contributed by atoms with Crippen LogP contribution < -0.4 is 5.32 Å². The highest BCUT2D eigenvalue weighted by atomic mass is 16.1. The second-order valence-electron chi connectivity index (χ2n) is 5.89. The van der Waals surface area contributed by atoms with Gasteiger partial charge in [-0.2, -0.15) is 0 Å². The van der Waals surface area contributed by atoms with Crippen LogP contribution in [0.5, 0.6) is 0 Å². The molecule has 0 bridgehead atoms. The van der Waals surface area contributed by atoms with Crippen LogP contribution in [0.25, 0.3) is 11.4 Å². The second kappa shape index (κ2) is 9.03. The number of hydrogen-bond donors (Lipinski definition) is 1. The molecule has 0 fully saturated rings. The molecule has 0 aliphatic rings. The zero-order chi connectivity index (χ0) is 16.5. The van der Waals surface area contributed by atoms with Gasteiger partial charge in [0.1, 0.15) is 0 Å². The average molecular weight is 311 g/mol. The number of nitrogens with one attached hydrogen (secondary N) is 1. The summed E-state index contributed by atoms with van der Waals surface area (Å²) in [6.07, 6.45) is 9.06. The summed E-state index contributed by atoms with van der Waals surface area (Å²) in [7, 11) is 0. The van der Waals surface area contributed by atoms with E-state index in [2.05, 4.69) is 22.2 Å². The summed E-state index contributed by atoms with van der Waals surface area (Å²) >= 11 is 0. The largest absolute Gasteiger partial charge is 0.349 e. The van der Waals surface area contributed by atoms with Crippen molar-refractivity contribution in [1.82, 2.24) is 15.3 Å². The molecule has 1 aromatic heterocycles. The minimum absolute atomic E-state index is 0.104. The van der Waals surface area contributed by atoms with E-state index in [9.17, 15) is 4.79 Å². The van der Waals surface area contributed by atoms with E-state index in [1.165, 1.54) is 19.3 Å². The van der Waals surface area contributed by atoms with E-state index in [1.807, 2.05) is 37.3 Å². The number of unbranched alkanes of at least 4 members (excludes halogenated alkanes) is 3. The van der Waals surface area contributed by atoms with Crippen molar-refractivity contribution in [3.8, 4) is 11.4 Å². The lowest BCUT2D eigenvalue weighted by atomic mass is 10.1. The smallest absolute Gasteiger partial charge is 0.254 e. The molecule has 23 heavy (non-hydrogen) atoms. The normalized spacial score (nSPS) is 11.9. The Morgan fingerprint density at radius 3 is 2.43 bits per heavy atom. The Morgan fingerprint density at radius 1 is 1.09 bits per heavy atom. The number of aromatic nitrogens is 2. The molecule has 0 spiro atoms. The average Bonchev–Trinajstić information content (AvgIpc) is 2.59. The SMILES string of the molecule is CCCCCCC(C)NC(=O)c1cnc(-c2ccccc2)nc1. The lowest BCUT2D eigenvalue weighted by Crippen LogP contribution is -2.32. The van der Waals surface area contributed by atoms with Gasteiger partial charge in [0.2, 0.25) is 0 Å². The van der Waals surface area contributed by atoms with Crippen molar-refractivity contribution in [3.63, 3.8) is 0 Å². The third kappa shape index (κ3) is 5.47. The quantitative estimate of drug-likeness (QED) is 0.742. The molecule has 0 aliphatic heterocycles. The van der Waals surface area contributed by atoms with Crippen LogP contribution in [0.2, 0.25) is 0 Å². The molecule has 2 rings (SSSR count). The maximum absolute atomic E-state index is 12.2. The van der Waals surface area contributed by atoms with Gasteiger partial charge in [0.15, 0.2) is 5.82 Å². The maximum Gasteiger partial charge on any atom is 0.254 e. The first kappa shape index (κ1) is 17.1. The molecule has 1 amide bonds. The lowest BCUT2D eigenvalue weighted by molar-refractivity contribution is 0.0937. The molecule has 1 N–H and O–H groups in total. The van der Waals surface area contributed by atoms with Crippen molar-refractivity contribution >= 4 is 5.91 Å². The molecule has 122 valence electrons. The lowest BCUT2D eigenvalue weighted by Gasteiger charge is -2.13. The first-order valence-corrected chi connectivity index (χ1v) is 8.39. The molecule has 0 radical (unpaired) electrons. The molecule has 1 aromatic carbocycles. The fourth-order valence-corrected chi connectivity index (χ4v) is 2.44. The van der Waals surface area contributed by atoms with E-state index in [0.717, 1.165) is 18.4 Å². The summed E-state index contributed by atoms with van der Waals surface area (Å²) in [4.78, 5) is 20.8. The molecule has 4 nitrogen and oxygen atoms in total. The highest BCUT2D eigenvalue weighted by molar-refractivity contribution is 5.93. The zero-order valence-electron chi connectivity index (χ0n) is 14.0. The minimum atomic E-state index is -0.104. The number of carbonyl (C=O) groups is 1. The van der Waals surface area contributed by atoms with Gasteiger partial charge in [-0.25, -0.2) is 9.97 Å². The number of nitrogens with zero attached hydrogens (tertiary/aromatic N) is 2. The number of hydrogen-bond acceptors (Lipinski definition) is 3. The number of benzene rings is 1. The van der Waals surface area contributed by atoms with Crippen molar-refractivity contribution in [2.75, 3.05) is 0 Å². The Balaban J connectivity index is 1.88. The van der Waals surface area contributed by atoms with E-state index in [1.54, 1.807) is 12.4 Å². The van der Waals surface area contributed by atoms with Gasteiger partial charge in [0, 0.05) is 24.0 Å². The number of amides is 1. The summed E-state index contributed by atoms with van der Waals surface area (Å²) in [5, 5.41) is 3.01. The van der Waals surface area contributed by atoms with Gasteiger partial charge >= 0.3 is 0 Å². The molecule has 4 heteroatoms. The van der Waals surface area contributed by atoms with E-state index >= 15 is 0 Å². The standard InChI is InChI=1S/C19H25N3O/c1-3-4-5-7-10-15(2)22-19(23)17-13-20-18(21-14-17)16-11-8-6-9-12-16/h6,8-9,11-15H,3-5,7,10H2,1-2H3,(H,22,23).